The molecule has 3 heterocycles. The molecule has 0 aliphatic carbocycles. The Kier molecular flexibility index (Phi) is 5.78. The van der Waals surface area contributed by atoms with E-state index in [4.69, 9.17) is 9.15 Å². The molecule has 0 spiro atoms. The van der Waals surface area contributed by atoms with Gasteiger partial charge in [-0.25, -0.2) is 4.79 Å². The number of hydrogen-bond donors (Lipinski definition) is 2. The van der Waals surface area contributed by atoms with Gasteiger partial charge in [0.05, 0.1) is 18.6 Å². The topological polar surface area (TPSA) is 126 Å². The first-order valence-electron chi connectivity index (χ1n) is 8.68. The van der Waals surface area contributed by atoms with Crippen molar-refractivity contribution in [1.29, 1.82) is 0 Å². The molecule has 1 aromatic rings. The monoisotopic (exact) mass is 408 g/mol. The van der Waals surface area contributed by atoms with Crippen LogP contribution >= 0.6 is 11.8 Å². The molecule has 3 rings (SSSR count). The van der Waals surface area contributed by atoms with Gasteiger partial charge in [-0.2, -0.15) is 0 Å². The van der Waals surface area contributed by atoms with E-state index in [0.29, 0.717) is 11.3 Å². The third-order valence-electron chi connectivity index (χ3n) is 4.34. The lowest BCUT2D eigenvalue weighted by atomic mass is 10.0. The van der Waals surface area contributed by atoms with Gasteiger partial charge in [-0.3, -0.25) is 19.3 Å². The molecule has 9 nitrogen and oxygen atoms in total. The fourth-order valence-corrected chi connectivity index (χ4v) is 4.24. The van der Waals surface area contributed by atoms with Gasteiger partial charge in [-0.15, -0.1) is 11.8 Å². The van der Waals surface area contributed by atoms with Crippen molar-refractivity contribution in [2.24, 2.45) is 5.92 Å². The molecule has 0 bridgehead atoms. The Morgan fingerprint density at radius 1 is 1.43 bits per heavy atom. The van der Waals surface area contributed by atoms with Crippen LogP contribution in [0.15, 0.2) is 34.1 Å². The Balaban J connectivity index is 1.68. The first-order valence-corrected chi connectivity index (χ1v) is 9.72. The average Bonchev–Trinajstić information content (AvgIpc) is 3.15. The standard InChI is InChI=1S/C18H20N2O7S/c1-9(2)18(25)27-7-10-8-28-16-13(15(22)20(16)14(10)17(23)24)19-12(21)6-11-4-3-5-26-11/h3-5,9,13,16H,6-8H2,1-2H3,(H,19,21)(H,23,24)/t13-,16+/m1/s1. The zero-order valence-corrected chi connectivity index (χ0v) is 16.2. The van der Waals surface area contributed by atoms with Gasteiger partial charge >= 0.3 is 11.9 Å². The number of thioether (sulfide) groups is 1. The van der Waals surface area contributed by atoms with Gasteiger partial charge in [0.25, 0.3) is 5.91 Å². The molecule has 0 aromatic carbocycles. The number of amides is 2. The van der Waals surface area contributed by atoms with Gasteiger partial charge in [-0.1, -0.05) is 13.8 Å². The van der Waals surface area contributed by atoms with Crippen LogP contribution in [0.4, 0.5) is 0 Å². The summed E-state index contributed by atoms with van der Waals surface area (Å²) in [5.41, 5.74) is 0.179. The predicted octanol–water partition coefficient (Wildman–Crippen LogP) is 0.760. The number of carbonyl (C=O) groups is 4. The number of furan rings is 1. The molecule has 2 N–H and O–H groups in total. The minimum Gasteiger partial charge on any atom is -0.477 e. The summed E-state index contributed by atoms with van der Waals surface area (Å²) in [5.74, 6) is -2.18. The summed E-state index contributed by atoms with van der Waals surface area (Å²) in [5, 5.41) is 11.7. The summed E-state index contributed by atoms with van der Waals surface area (Å²) >= 11 is 1.32. The number of aliphatic carboxylic acids is 1. The second kappa shape index (κ2) is 8.09. The van der Waals surface area contributed by atoms with E-state index in [0.717, 1.165) is 4.90 Å². The summed E-state index contributed by atoms with van der Waals surface area (Å²) < 4.78 is 10.2. The average molecular weight is 408 g/mol. The number of fused-ring (bicyclic) bond motifs is 1. The molecule has 10 heteroatoms. The van der Waals surface area contributed by atoms with Gasteiger partial charge in [0.15, 0.2) is 0 Å². The number of carbonyl (C=O) groups excluding carboxylic acids is 3. The number of carboxylic acids is 1. The number of esters is 1. The molecule has 2 atom stereocenters. The Morgan fingerprint density at radius 2 is 2.18 bits per heavy atom. The number of nitrogens with one attached hydrogen (secondary N) is 1. The van der Waals surface area contributed by atoms with Crippen LogP contribution in [-0.2, 0) is 30.3 Å². The maximum atomic E-state index is 12.5. The van der Waals surface area contributed by atoms with E-state index < -0.39 is 29.3 Å². The zero-order valence-electron chi connectivity index (χ0n) is 15.3. The van der Waals surface area contributed by atoms with Crippen LogP contribution in [0, 0.1) is 5.92 Å². The van der Waals surface area contributed by atoms with Crippen molar-refractivity contribution in [3.8, 4) is 0 Å². The van der Waals surface area contributed by atoms with E-state index in [1.807, 2.05) is 0 Å². The molecule has 1 fully saturated rings. The fraction of sp³-hybridized carbons (Fsp3) is 0.444. The van der Waals surface area contributed by atoms with Gasteiger partial charge in [-0.05, 0) is 12.1 Å². The van der Waals surface area contributed by atoms with Crippen LogP contribution in [0.5, 0.6) is 0 Å². The Hall–Kier alpha value is -2.75. The second-order valence-corrected chi connectivity index (χ2v) is 7.84. The highest BCUT2D eigenvalue weighted by Gasteiger charge is 2.54. The van der Waals surface area contributed by atoms with Gasteiger partial charge < -0.3 is 19.6 Å². The molecule has 0 radical (unpaired) electrons. The van der Waals surface area contributed by atoms with Gasteiger partial charge in [0.2, 0.25) is 5.91 Å². The summed E-state index contributed by atoms with van der Waals surface area (Å²) in [6, 6.07) is 2.51. The first kappa shape index (κ1) is 20.0. The number of carboxylic acid groups (broad SMARTS) is 1. The summed E-state index contributed by atoms with van der Waals surface area (Å²) in [4.78, 5) is 49.1. The Bertz CT molecular complexity index is 831. The van der Waals surface area contributed by atoms with Crippen molar-refractivity contribution in [2.75, 3.05) is 12.4 Å². The maximum Gasteiger partial charge on any atom is 0.352 e. The smallest absolute Gasteiger partial charge is 0.352 e. The minimum atomic E-state index is -1.27. The van der Waals surface area contributed by atoms with E-state index in [9.17, 15) is 24.3 Å². The highest BCUT2D eigenvalue weighted by atomic mass is 32.2. The molecule has 1 aromatic heterocycles. The SMILES string of the molecule is CC(C)C(=O)OCC1=C(C(=O)O)N2C(=O)[C@@H](NC(=O)Cc3ccco3)[C@@H]2SC1. The third-order valence-corrected chi connectivity index (χ3v) is 5.68. The van der Waals surface area contributed by atoms with Crippen LogP contribution in [-0.4, -0.2) is 57.5 Å². The van der Waals surface area contributed by atoms with Gasteiger partial charge in [0, 0.05) is 11.3 Å². The van der Waals surface area contributed by atoms with Crippen molar-refractivity contribution in [3.63, 3.8) is 0 Å². The Morgan fingerprint density at radius 3 is 2.79 bits per heavy atom. The van der Waals surface area contributed by atoms with Crippen LogP contribution < -0.4 is 5.32 Å². The van der Waals surface area contributed by atoms with Crippen molar-refractivity contribution in [2.45, 2.75) is 31.7 Å². The third kappa shape index (κ3) is 3.91. The summed E-state index contributed by atoms with van der Waals surface area (Å²) in [6.07, 6.45) is 1.44. The maximum absolute atomic E-state index is 12.5. The predicted molar refractivity (Wildman–Crippen MR) is 97.9 cm³/mol. The van der Waals surface area contributed by atoms with Crippen molar-refractivity contribution < 1.29 is 33.4 Å². The molecule has 150 valence electrons. The molecule has 0 saturated carbocycles. The molecule has 1 saturated heterocycles. The lowest BCUT2D eigenvalue weighted by Gasteiger charge is -2.49. The molecule has 0 unspecified atom stereocenters. The van der Waals surface area contributed by atoms with Crippen LogP contribution in [0.2, 0.25) is 0 Å². The second-order valence-electron chi connectivity index (χ2n) is 6.73. The zero-order chi connectivity index (χ0) is 20.4. The van der Waals surface area contributed by atoms with E-state index in [-0.39, 0.29) is 36.3 Å². The van der Waals surface area contributed by atoms with Crippen molar-refractivity contribution in [3.05, 3.63) is 35.4 Å². The van der Waals surface area contributed by atoms with E-state index in [1.165, 1.54) is 18.0 Å². The number of ether oxygens (including phenoxy) is 1. The highest BCUT2D eigenvalue weighted by Crippen LogP contribution is 2.40. The molecular weight excluding hydrogens is 388 g/mol. The van der Waals surface area contributed by atoms with Crippen molar-refractivity contribution >= 4 is 35.5 Å². The molecule has 2 aliphatic rings. The lowest BCUT2D eigenvalue weighted by Crippen LogP contribution is -2.70. The lowest BCUT2D eigenvalue weighted by molar-refractivity contribution is -0.151. The molecule has 2 aliphatic heterocycles. The highest BCUT2D eigenvalue weighted by molar-refractivity contribution is 8.00. The quantitative estimate of drug-likeness (QED) is 0.500. The number of rotatable bonds is 7. The van der Waals surface area contributed by atoms with Crippen LogP contribution in [0.3, 0.4) is 0 Å². The van der Waals surface area contributed by atoms with Crippen LogP contribution in [0.1, 0.15) is 19.6 Å². The van der Waals surface area contributed by atoms with E-state index in [1.54, 1.807) is 26.0 Å². The molecule has 28 heavy (non-hydrogen) atoms. The summed E-state index contributed by atoms with van der Waals surface area (Å²) in [7, 11) is 0. The van der Waals surface area contributed by atoms with E-state index >= 15 is 0 Å². The Labute approximate surface area is 165 Å². The molecule has 2 amide bonds. The first-order chi connectivity index (χ1) is 13.3. The molecular formula is C18H20N2O7S. The minimum absolute atomic E-state index is 0.00774. The van der Waals surface area contributed by atoms with Crippen molar-refractivity contribution in [1.82, 2.24) is 10.2 Å². The number of nitrogens with zero attached hydrogens (tertiary/aromatic N) is 1. The van der Waals surface area contributed by atoms with Crippen LogP contribution in [0.25, 0.3) is 0 Å². The number of hydrogen-bond acceptors (Lipinski definition) is 7. The van der Waals surface area contributed by atoms with Gasteiger partial charge in [0.1, 0.15) is 29.5 Å². The normalized spacial score (nSPS) is 21.2. The number of β-lactam (4-membered cyclic amide) rings is 1. The largest absolute Gasteiger partial charge is 0.477 e. The summed E-state index contributed by atoms with van der Waals surface area (Å²) in [6.45, 7) is 3.17. The fourth-order valence-electron chi connectivity index (χ4n) is 2.92. The van der Waals surface area contributed by atoms with E-state index in [2.05, 4.69) is 5.32 Å².